The number of unbranched alkanes of at least 4 members (excludes halogenated alkanes) is 26. The molecule has 0 bridgehead atoms. The number of carbonyl (C=O) groups is 3. The Labute approximate surface area is 376 Å². The first kappa shape index (κ1) is 58.4. The maximum absolute atomic E-state index is 14.2. The first-order valence-corrected chi connectivity index (χ1v) is 26.8. The van der Waals surface area contributed by atoms with E-state index in [2.05, 4.69) is 26.1 Å². The summed E-state index contributed by atoms with van der Waals surface area (Å²) in [6, 6.07) is -1.06. The van der Waals surface area contributed by atoms with Gasteiger partial charge in [-0.1, -0.05) is 207 Å². The summed E-state index contributed by atoms with van der Waals surface area (Å²) in [5, 5.41) is 22.7. The van der Waals surface area contributed by atoms with Gasteiger partial charge in [-0.25, -0.2) is 9.36 Å². The van der Waals surface area contributed by atoms with Gasteiger partial charge in [0.05, 0.1) is 37.7 Å². The summed E-state index contributed by atoms with van der Waals surface area (Å²) < 4.78 is 34.8. The van der Waals surface area contributed by atoms with Gasteiger partial charge in [0.25, 0.3) is 0 Å². The second-order valence-electron chi connectivity index (χ2n) is 18.0. The van der Waals surface area contributed by atoms with Crippen molar-refractivity contribution in [2.45, 2.75) is 263 Å². The molecule has 0 aromatic heterocycles. The van der Waals surface area contributed by atoms with Gasteiger partial charge in [-0.15, -0.1) is 0 Å². The molecule has 14 heteroatoms. The van der Waals surface area contributed by atoms with Crippen LogP contribution >= 0.6 is 7.82 Å². The molecule has 5 N–H and O–H groups in total. The van der Waals surface area contributed by atoms with Crippen molar-refractivity contribution in [2.75, 3.05) is 19.8 Å². The fourth-order valence-corrected chi connectivity index (χ4v) is 9.03. The average molecular weight is 906 g/mol. The molecule has 1 aliphatic rings. The highest BCUT2D eigenvalue weighted by Crippen LogP contribution is 2.41. The fraction of sp³-hybridized carbons (Fsp3) is 0.938. The highest BCUT2D eigenvalue weighted by atomic mass is 31.2. The van der Waals surface area contributed by atoms with Crippen LogP contribution in [0.3, 0.4) is 0 Å². The zero-order valence-corrected chi connectivity index (χ0v) is 40.3. The SMILES string of the molecule is CCCCCCCCCCCCC(CCCCCCCCCCCC)C(=O)O[C@H]1[C@H](OP(=O)(O)O)[C@@H](COCC(=O)O)OC[C@@H]1NC(=O)C[C@H](O)CCCCCCCCCCC. The standard InChI is InChI=1S/C48H92NO12P/c1-4-7-10-13-16-19-22-24-27-30-33-40(34-31-28-25-23-20-17-14-11-8-5-2)48(54)60-46-42(37-59-43(38-58-39-45(52)53)47(46)61-62(55,56)57)49-44(51)36-41(50)35-32-29-26-21-18-15-12-9-6-3/h40-43,46-47,50H,4-39H2,1-3H3,(H,49,51)(H,52,53)(H2,55,56,57)/t41-,42+,43-,46-,47-/m1/s1. The van der Waals surface area contributed by atoms with Crippen molar-refractivity contribution >= 4 is 25.7 Å². The van der Waals surface area contributed by atoms with E-state index in [1.165, 1.54) is 109 Å². The van der Waals surface area contributed by atoms with Crippen LogP contribution in [-0.4, -0.2) is 88.1 Å². The van der Waals surface area contributed by atoms with Crippen molar-refractivity contribution in [3.05, 3.63) is 0 Å². The highest BCUT2D eigenvalue weighted by molar-refractivity contribution is 7.46. The molecule has 1 saturated heterocycles. The van der Waals surface area contributed by atoms with Crippen LogP contribution in [0.4, 0.5) is 0 Å². The summed E-state index contributed by atoms with van der Waals surface area (Å²) >= 11 is 0. The lowest BCUT2D eigenvalue weighted by Crippen LogP contribution is -2.62. The molecular weight excluding hydrogens is 813 g/mol. The normalized spacial score (nSPS) is 18.6. The van der Waals surface area contributed by atoms with E-state index in [-0.39, 0.29) is 13.0 Å². The van der Waals surface area contributed by atoms with Gasteiger partial charge in [0.1, 0.15) is 18.8 Å². The van der Waals surface area contributed by atoms with Crippen LogP contribution in [-0.2, 0) is 37.7 Å². The molecule has 0 radical (unpaired) electrons. The predicted molar refractivity (Wildman–Crippen MR) is 246 cm³/mol. The number of esters is 1. The van der Waals surface area contributed by atoms with Crippen molar-refractivity contribution in [2.24, 2.45) is 5.92 Å². The number of aliphatic hydroxyl groups is 1. The van der Waals surface area contributed by atoms with E-state index in [9.17, 15) is 33.8 Å². The third kappa shape index (κ3) is 32.1. The van der Waals surface area contributed by atoms with Crippen LogP contribution < -0.4 is 5.32 Å². The number of hydrogen-bond acceptors (Lipinski definition) is 9. The van der Waals surface area contributed by atoms with Crippen LogP contribution in [0.1, 0.15) is 233 Å². The van der Waals surface area contributed by atoms with Crippen molar-refractivity contribution in [1.82, 2.24) is 5.32 Å². The zero-order chi connectivity index (χ0) is 45.7. The number of rotatable bonds is 43. The van der Waals surface area contributed by atoms with E-state index in [0.29, 0.717) is 19.3 Å². The van der Waals surface area contributed by atoms with Crippen LogP contribution in [0, 0.1) is 5.92 Å². The summed E-state index contributed by atoms with van der Waals surface area (Å²) in [4.78, 5) is 58.7. The molecule has 0 spiro atoms. The molecule has 0 saturated carbocycles. The van der Waals surface area contributed by atoms with Crippen molar-refractivity contribution in [3.8, 4) is 0 Å². The van der Waals surface area contributed by atoms with E-state index in [0.717, 1.165) is 77.0 Å². The summed E-state index contributed by atoms with van der Waals surface area (Å²) in [6.45, 7) is 5.32. The summed E-state index contributed by atoms with van der Waals surface area (Å²) in [6.07, 6.45) is 29.7. The van der Waals surface area contributed by atoms with Gasteiger partial charge in [-0.3, -0.25) is 14.1 Å². The topological polar surface area (TPSA) is 198 Å². The first-order chi connectivity index (χ1) is 29.9. The molecule has 1 fully saturated rings. The molecule has 0 aliphatic carbocycles. The van der Waals surface area contributed by atoms with Crippen molar-refractivity contribution in [3.63, 3.8) is 0 Å². The van der Waals surface area contributed by atoms with Crippen molar-refractivity contribution in [1.29, 1.82) is 0 Å². The summed E-state index contributed by atoms with van der Waals surface area (Å²) in [5.41, 5.74) is 0. The van der Waals surface area contributed by atoms with Gasteiger partial charge < -0.3 is 39.5 Å². The maximum Gasteiger partial charge on any atom is 0.470 e. The Morgan fingerprint density at radius 1 is 0.629 bits per heavy atom. The van der Waals surface area contributed by atoms with E-state index >= 15 is 0 Å². The molecule has 1 heterocycles. The Balaban J connectivity index is 3.05. The Hall–Kier alpha value is -1.60. The maximum atomic E-state index is 14.2. The minimum absolute atomic E-state index is 0.205. The Morgan fingerprint density at radius 3 is 1.44 bits per heavy atom. The van der Waals surface area contributed by atoms with Crippen LogP contribution in [0.15, 0.2) is 0 Å². The minimum Gasteiger partial charge on any atom is -0.480 e. The van der Waals surface area contributed by atoms with E-state index in [4.69, 9.17) is 23.8 Å². The molecule has 0 aromatic carbocycles. The second-order valence-corrected chi connectivity index (χ2v) is 19.2. The molecule has 1 amide bonds. The van der Waals surface area contributed by atoms with Gasteiger partial charge in [0, 0.05) is 0 Å². The molecule has 1 aliphatic heterocycles. The molecule has 1 rings (SSSR count). The number of aliphatic carboxylic acids is 1. The molecule has 13 nitrogen and oxygen atoms in total. The number of nitrogens with one attached hydrogen (secondary N) is 1. The number of carbonyl (C=O) groups excluding carboxylic acids is 2. The monoisotopic (exact) mass is 906 g/mol. The number of phosphoric ester groups is 1. The molecule has 5 atom stereocenters. The Bertz CT molecular complexity index is 1130. The molecule has 366 valence electrons. The number of ether oxygens (including phenoxy) is 3. The van der Waals surface area contributed by atoms with Crippen molar-refractivity contribution < 1.29 is 57.7 Å². The lowest BCUT2D eigenvalue weighted by atomic mass is 9.93. The van der Waals surface area contributed by atoms with Crippen LogP contribution in [0.25, 0.3) is 0 Å². The lowest BCUT2D eigenvalue weighted by molar-refractivity contribution is -0.194. The number of carboxylic acid groups (broad SMARTS) is 1. The summed E-state index contributed by atoms with van der Waals surface area (Å²) in [7, 11) is -5.21. The first-order valence-electron chi connectivity index (χ1n) is 25.2. The third-order valence-electron chi connectivity index (χ3n) is 12.1. The number of carboxylic acids is 1. The Morgan fingerprint density at radius 2 is 1.03 bits per heavy atom. The zero-order valence-electron chi connectivity index (χ0n) is 39.4. The van der Waals surface area contributed by atoms with Gasteiger partial charge in [0.2, 0.25) is 5.91 Å². The largest absolute Gasteiger partial charge is 0.480 e. The average Bonchev–Trinajstić information content (AvgIpc) is 3.21. The van der Waals surface area contributed by atoms with Crippen LogP contribution in [0.5, 0.6) is 0 Å². The highest BCUT2D eigenvalue weighted by Gasteiger charge is 2.48. The third-order valence-corrected chi connectivity index (χ3v) is 12.7. The summed E-state index contributed by atoms with van der Waals surface area (Å²) in [5.74, 6) is -2.76. The second kappa shape index (κ2) is 38.6. The number of hydrogen-bond donors (Lipinski definition) is 5. The van der Waals surface area contributed by atoms with E-state index in [1.54, 1.807) is 0 Å². The van der Waals surface area contributed by atoms with Gasteiger partial charge in [0.15, 0.2) is 6.10 Å². The van der Waals surface area contributed by atoms with Gasteiger partial charge in [-0.2, -0.15) is 0 Å². The van der Waals surface area contributed by atoms with E-state index in [1.807, 2.05) is 0 Å². The number of amides is 1. The fourth-order valence-electron chi connectivity index (χ4n) is 8.46. The quantitative estimate of drug-likeness (QED) is 0.0221. The number of aliphatic hydroxyl groups excluding tert-OH is 1. The van der Waals surface area contributed by atoms with Gasteiger partial charge in [-0.05, 0) is 19.3 Å². The molecule has 62 heavy (non-hydrogen) atoms. The predicted octanol–water partition coefficient (Wildman–Crippen LogP) is 11.3. The smallest absolute Gasteiger partial charge is 0.470 e. The molecule has 0 unspecified atom stereocenters. The van der Waals surface area contributed by atoms with Crippen LogP contribution in [0.2, 0.25) is 0 Å². The van der Waals surface area contributed by atoms with Gasteiger partial charge >= 0.3 is 19.8 Å². The Kier molecular flexibility index (Phi) is 36.4. The molecular formula is C48H92NO12P. The lowest BCUT2D eigenvalue weighted by Gasteiger charge is -2.42. The minimum atomic E-state index is -5.21. The number of phosphoric acid groups is 1. The molecule has 0 aromatic rings. The van der Waals surface area contributed by atoms with E-state index < -0.39 is 75.3 Å².